The van der Waals surface area contributed by atoms with Gasteiger partial charge in [0.25, 0.3) is 0 Å². The lowest BCUT2D eigenvalue weighted by atomic mass is 9.96. The maximum atomic E-state index is 10.1. The number of hydrogen-bond acceptors (Lipinski definition) is 3. The molecule has 0 amide bonds. The third kappa shape index (κ3) is 5.20. The largest absolute Gasteiger partial charge is 0.508 e. The van der Waals surface area contributed by atoms with E-state index in [1.54, 1.807) is 6.07 Å². The van der Waals surface area contributed by atoms with Crippen molar-refractivity contribution in [1.29, 1.82) is 0 Å². The van der Waals surface area contributed by atoms with Gasteiger partial charge in [0.15, 0.2) is 0 Å². The van der Waals surface area contributed by atoms with Gasteiger partial charge < -0.3 is 10.4 Å². The number of phenols is 1. The Morgan fingerprint density at radius 1 is 1.00 bits per heavy atom. The van der Waals surface area contributed by atoms with Crippen molar-refractivity contribution in [3.8, 4) is 16.9 Å². The fourth-order valence-corrected chi connectivity index (χ4v) is 3.48. The molecule has 2 N–H and O–H groups in total. The third-order valence-electron chi connectivity index (χ3n) is 5.15. The Kier molecular flexibility index (Phi) is 7.23. The van der Waals surface area contributed by atoms with Gasteiger partial charge in [0.2, 0.25) is 0 Å². The molecule has 0 radical (unpaired) electrons. The van der Waals surface area contributed by atoms with Gasteiger partial charge in [-0.3, -0.25) is 4.99 Å². The van der Waals surface area contributed by atoms with Gasteiger partial charge in [0, 0.05) is 29.1 Å². The predicted octanol–water partition coefficient (Wildman–Crippen LogP) is 7.04. The van der Waals surface area contributed by atoms with E-state index in [1.165, 1.54) is 0 Å². The third-order valence-corrected chi connectivity index (χ3v) is 5.15. The van der Waals surface area contributed by atoms with Crippen LogP contribution in [0.1, 0.15) is 25.0 Å². The summed E-state index contributed by atoms with van der Waals surface area (Å²) in [5.41, 5.74) is 7.33. The molecular weight excluding hydrogens is 380 g/mol. The van der Waals surface area contributed by atoms with Gasteiger partial charge in [-0.05, 0) is 42.7 Å². The highest BCUT2D eigenvalue weighted by atomic mass is 16.3. The second kappa shape index (κ2) is 10.3. The quantitative estimate of drug-likeness (QED) is 0.310. The molecule has 0 aliphatic rings. The molecule has 0 heterocycles. The van der Waals surface area contributed by atoms with Crippen LogP contribution in [0.2, 0.25) is 0 Å². The maximum Gasteiger partial charge on any atom is 0.120 e. The molecule has 31 heavy (non-hydrogen) atoms. The summed E-state index contributed by atoms with van der Waals surface area (Å²) in [7, 11) is 0. The summed E-state index contributed by atoms with van der Waals surface area (Å²) in [6.45, 7) is 12.6. The molecule has 0 bridgehead atoms. The van der Waals surface area contributed by atoms with Crippen LogP contribution >= 0.6 is 0 Å². The van der Waals surface area contributed by atoms with E-state index in [0.29, 0.717) is 6.54 Å². The minimum atomic E-state index is 0.261. The predicted molar refractivity (Wildman–Crippen MR) is 133 cm³/mol. The first-order valence-corrected chi connectivity index (χ1v) is 10.3. The summed E-state index contributed by atoms with van der Waals surface area (Å²) in [5.74, 6) is 0.261. The molecule has 3 nitrogen and oxygen atoms in total. The number of phenolic OH excluding ortho intramolecular Hbond substituents is 1. The summed E-state index contributed by atoms with van der Waals surface area (Å²) in [6.07, 6.45) is 3.81. The normalized spacial score (nSPS) is 11.8. The van der Waals surface area contributed by atoms with E-state index in [4.69, 9.17) is 4.99 Å². The van der Waals surface area contributed by atoms with Crippen LogP contribution < -0.4 is 5.32 Å². The van der Waals surface area contributed by atoms with Crippen molar-refractivity contribution < 1.29 is 5.11 Å². The van der Waals surface area contributed by atoms with Crippen LogP contribution in [0.4, 0.5) is 5.69 Å². The molecule has 0 aliphatic heterocycles. The second-order valence-corrected chi connectivity index (χ2v) is 7.17. The van der Waals surface area contributed by atoms with Crippen LogP contribution in [0.3, 0.4) is 0 Å². The highest BCUT2D eigenvalue weighted by Gasteiger charge is 2.14. The molecule has 3 aromatic rings. The number of aliphatic imine (C=N–C) groups is 1. The van der Waals surface area contributed by atoms with Crippen molar-refractivity contribution in [1.82, 2.24) is 5.32 Å². The van der Waals surface area contributed by atoms with Crippen LogP contribution in [0.5, 0.6) is 5.75 Å². The topological polar surface area (TPSA) is 44.6 Å². The Labute approximate surface area is 184 Å². The minimum absolute atomic E-state index is 0.261. The van der Waals surface area contributed by atoms with Gasteiger partial charge in [-0.1, -0.05) is 86.0 Å². The molecular formula is C28H28N2O. The van der Waals surface area contributed by atoms with Crippen LogP contribution in [-0.4, -0.2) is 10.8 Å². The van der Waals surface area contributed by atoms with E-state index in [1.807, 2.05) is 74.5 Å². The van der Waals surface area contributed by atoms with Gasteiger partial charge >= 0.3 is 0 Å². The standard InChI is InChI=1S/C28H28N2O/c1-5-22(6-2)20(3)30-26-17-12-16-25(23-13-8-7-9-14-23)28(26)21(4)29-19-24-15-10-11-18-27(24)31/h5-18,29,31H,1,4,19H2,2-3H3/b22-6+,30-20?. The van der Waals surface area contributed by atoms with E-state index in [9.17, 15) is 5.11 Å². The van der Waals surface area contributed by atoms with E-state index in [-0.39, 0.29) is 5.75 Å². The molecule has 0 atom stereocenters. The number of benzene rings is 3. The van der Waals surface area contributed by atoms with E-state index < -0.39 is 0 Å². The highest BCUT2D eigenvalue weighted by Crippen LogP contribution is 2.35. The van der Waals surface area contributed by atoms with Gasteiger partial charge in [0.1, 0.15) is 5.75 Å². The number of allylic oxidation sites excluding steroid dienone is 3. The average molecular weight is 409 g/mol. The lowest BCUT2D eigenvalue weighted by Gasteiger charge is -2.18. The summed E-state index contributed by atoms with van der Waals surface area (Å²) in [6, 6.07) is 23.6. The fraction of sp³-hybridized carbons (Fsp3) is 0.107. The van der Waals surface area contributed by atoms with Crippen molar-refractivity contribution in [2.45, 2.75) is 20.4 Å². The van der Waals surface area contributed by atoms with E-state index in [0.717, 1.165) is 44.9 Å². The Bertz CT molecular complexity index is 1140. The Morgan fingerprint density at radius 3 is 2.39 bits per heavy atom. The van der Waals surface area contributed by atoms with Crippen molar-refractivity contribution in [2.24, 2.45) is 4.99 Å². The zero-order chi connectivity index (χ0) is 22.2. The lowest BCUT2D eigenvalue weighted by Crippen LogP contribution is -2.12. The number of aromatic hydroxyl groups is 1. The number of para-hydroxylation sites is 1. The number of nitrogens with zero attached hydrogens (tertiary/aromatic N) is 1. The number of rotatable bonds is 8. The van der Waals surface area contributed by atoms with Crippen molar-refractivity contribution >= 4 is 17.1 Å². The summed E-state index contributed by atoms with van der Waals surface area (Å²) in [4.78, 5) is 4.91. The average Bonchev–Trinajstić information content (AvgIpc) is 2.79. The maximum absolute atomic E-state index is 10.1. The lowest BCUT2D eigenvalue weighted by molar-refractivity contribution is 0.467. The SMILES string of the molecule is C=C/C(=C\C)C(C)=Nc1cccc(-c2ccccc2)c1C(=C)NCc1ccccc1O. The molecule has 156 valence electrons. The van der Waals surface area contributed by atoms with E-state index in [2.05, 4.69) is 36.7 Å². The molecule has 3 aromatic carbocycles. The van der Waals surface area contributed by atoms with Crippen LogP contribution in [0.15, 0.2) is 109 Å². The Hall–Kier alpha value is -3.85. The summed E-state index contributed by atoms with van der Waals surface area (Å²) in [5, 5.41) is 13.5. The zero-order valence-corrected chi connectivity index (χ0v) is 18.1. The highest BCUT2D eigenvalue weighted by molar-refractivity contribution is 6.03. The first kappa shape index (κ1) is 21.8. The van der Waals surface area contributed by atoms with Gasteiger partial charge in [-0.15, -0.1) is 0 Å². The van der Waals surface area contributed by atoms with Crippen LogP contribution in [-0.2, 0) is 6.54 Å². The first-order valence-electron chi connectivity index (χ1n) is 10.3. The molecule has 0 saturated carbocycles. The Balaban J connectivity index is 2.06. The minimum Gasteiger partial charge on any atom is -0.508 e. The van der Waals surface area contributed by atoms with Crippen LogP contribution in [0, 0.1) is 0 Å². The summed E-state index contributed by atoms with van der Waals surface area (Å²) >= 11 is 0. The fourth-order valence-electron chi connectivity index (χ4n) is 3.48. The smallest absolute Gasteiger partial charge is 0.120 e. The molecule has 0 saturated heterocycles. The molecule has 0 fully saturated rings. The molecule has 0 spiro atoms. The van der Waals surface area contributed by atoms with Crippen molar-refractivity contribution in [3.05, 3.63) is 115 Å². The summed E-state index contributed by atoms with van der Waals surface area (Å²) < 4.78 is 0. The van der Waals surface area contributed by atoms with Gasteiger partial charge in [-0.2, -0.15) is 0 Å². The number of hydrogen-bond donors (Lipinski definition) is 2. The monoisotopic (exact) mass is 408 g/mol. The first-order chi connectivity index (χ1) is 15.0. The van der Waals surface area contributed by atoms with Gasteiger partial charge in [0.05, 0.1) is 5.69 Å². The molecule has 0 unspecified atom stereocenters. The van der Waals surface area contributed by atoms with Crippen molar-refractivity contribution in [2.75, 3.05) is 0 Å². The zero-order valence-electron chi connectivity index (χ0n) is 18.1. The molecule has 0 aliphatic carbocycles. The second-order valence-electron chi connectivity index (χ2n) is 7.17. The van der Waals surface area contributed by atoms with Gasteiger partial charge in [-0.25, -0.2) is 0 Å². The Morgan fingerprint density at radius 2 is 1.71 bits per heavy atom. The van der Waals surface area contributed by atoms with Crippen molar-refractivity contribution in [3.63, 3.8) is 0 Å². The molecule has 0 aromatic heterocycles. The molecule has 3 heteroatoms. The van der Waals surface area contributed by atoms with Crippen LogP contribution in [0.25, 0.3) is 16.8 Å². The van der Waals surface area contributed by atoms with E-state index >= 15 is 0 Å². The number of nitrogens with one attached hydrogen (secondary N) is 1. The molecule has 3 rings (SSSR count).